The zero-order chi connectivity index (χ0) is 15.6. The van der Waals surface area contributed by atoms with Crippen LogP contribution in [0.4, 0.5) is 0 Å². The Kier molecular flexibility index (Phi) is 3.69. The third-order valence-corrected chi connectivity index (χ3v) is 4.51. The van der Waals surface area contributed by atoms with E-state index in [1.807, 2.05) is 12.3 Å². The third-order valence-electron chi connectivity index (χ3n) is 4.51. The second-order valence-electron chi connectivity index (χ2n) is 6.20. The molecule has 3 aromatic rings. The summed E-state index contributed by atoms with van der Waals surface area (Å²) in [5.41, 5.74) is 2.24. The second-order valence-corrected chi connectivity index (χ2v) is 6.20. The molecule has 0 saturated carbocycles. The molecule has 0 N–H and O–H groups in total. The number of fused-ring (bicyclic) bond motifs is 1. The molecule has 1 atom stereocenters. The van der Waals surface area contributed by atoms with E-state index in [4.69, 9.17) is 4.52 Å². The Hall–Kier alpha value is -2.43. The Morgan fingerprint density at radius 3 is 2.96 bits per heavy atom. The van der Waals surface area contributed by atoms with Gasteiger partial charge in [0.15, 0.2) is 5.82 Å². The number of rotatable bonds is 4. The first-order valence-electron chi connectivity index (χ1n) is 8.23. The van der Waals surface area contributed by atoms with Crippen LogP contribution >= 0.6 is 0 Å². The van der Waals surface area contributed by atoms with Gasteiger partial charge in [0.05, 0.1) is 6.20 Å². The van der Waals surface area contributed by atoms with E-state index in [1.165, 1.54) is 18.4 Å². The van der Waals surface area contributed by atoms with Crippen molar-refractivity contribution < 1.29 is 4.52 Å². The summed E-state index contributed by atoms with van der Waals surface area (Å²) in [6, 6.07) is 10.4. The number of aromatic nitrogens is 4. The van der Waals surface area contributed by atoms with Gasteiger partial charge in [0, 0.05) is 19.4 Å². The predicted octanol–water partition coefficient (Wildman–Crippen LogP) is 3.62. The second kappa shape index (κ2) is 5.99. The van der Waals surface area contributed by atoms with Crippen LogP contribution < -0.4 is 0 Å². The SMILES string of the molecule is CC(Cc1noc(-c2cnc3n2CCCC3)n1)c1ccccc1. The lowest BCUT2D eigenvalue weighted by molar-refractivity contribution is 0.415. The first-order chi connectivity index (χ1) is 11.3. The molecule has 1 aromatic carbocycles. The molecule has 1 aliphatic heterocycles. The van der Waals surface area contributed by atoms with E-state index >= 15 is 0 Å². The minimum Gasteiger partial charge on any atom is -0.332 e. The van der Waals surface area contributed by atoms with E-state index in [0.717, 1.165) is 36.7 Å². The van der Waals surface area contributed by atoms with E-state index in [0.29, 0.717) is 11.8 Å². The first kappa shape index (κ1) is 14.2. The molecule has 0 saturated heterocycles. The van der Waals surface area contributed by atoms with E-state index < -0.39 is 0 Å². The van der Waals surface area contributed by atoms with Gasteiger partial charge >= 0.3 is 0 Å². The van der Waals surface area contributed by atoms with Gasteiger partial charge < -0.3 is 9.09 Å². The Morgan fingerprint density at radius 2 is 2.09 bits per heavy atom. The van der Waals surface area contributed by atoms with Gasteiger partial charge in [0.1, 0.15) is 11.5 Å². The molecule has 1 aliphatic rings. The van der Waals surface area contributed by atoms with E-state index in [9.17, 15) is 0 Å². The highest BCUT2D eigenvalue weighted by Crippen LogP contribution is 2.25. The quantitative estimate of drug-likeness (QED) is 0.738. The number of imidazole rings is 1. The predicted molar refractivity (Wildman–Crippen MR) is 87.0 cm³/mol. The highest BCUT2D eigenvalue weighted by Gasteiger charge is 2.20. The lowest BCUT2D eigenvalue weighted by Crippen LogP contribution is -2.11. The average molecular weight is 308 g/mol. The van der Waals surface area contributed by atoms with Crippen LogP contribution in [0.2, 0.25) is 0 Å². The lowest BCUT2D eigenvalue weighted by atomic mass is 9.98. The fourth-order valence-corrected chi connectivity index (χ4v) is 3.20. The Morgan fingerprint density at radius 1 is 1.22 bits per heavy atom. The molecular weight excluding hydrogens is 288 g/mol. The molecule has 4 rings (SSSR count). The van der Waals surface area contributed by atoms with Crippen LogP contribution in [0.15, 0.2) is 41.1 Å². The van der Waals surface area contributed by atoms with Gasteiger partial charge in [-0.15, -0.1) is 0 Å². The zero-order valence-electron chi connectivity index (χ0n) is 13.3. The molecule has 23 heavy (non-hydrogen) atoms. The van der Waals surface area contributed by atoms with Gasteiger partial charge in [0.25, 0.3) is 5.89 Å². The molecule has 0 amide bonds. The van der Waals surface area contributed by atoms with Gasteiger partial charge in [0.2, 0.25) is 0 Å². The molecule has 5 heteroatoms. The number of hydrogen-bond donors (Lipinski definition) is 0. The number of benzene rings is 1. The fourth-order valence-electron chi connectivity index (χ4n) is 3.20. The third kappa shape index (κ3) is 2.79. The van der Waals surface area contributed by atoms with Gasteiger partial charge in [-0.25, -0.2) is 4.98 Å². The van der Waals surface area contributed by atoms with Crippen molar-refractivity contribution in [2.24, 2.45) is 0 Å². The van der Waals surface area contributed by atoms with E-state index in [-0.39, 0.29) is 0 Å². The summed E-state index contributed by atoms with van der Waals surface area (Å²) in [7, 11) is 0. The Balaban J connectivity index is 1.54. The normalized spacial score (nSPS) is 15.3. The summed E-state index contributed by atoms with van der Waals surface area (Å²) in [6.45, 7) is 3.18. The number of hydrogen-bond acceptors (Lipinski definition) is 4. The van der Waals surface area contributed by atoms with Crippen LogP contribution in [0.25, 0.3) is 11.6 Å². The molecule has 0 fully saturated rings. The van der Waals surface area contributed by atoms with Crippen LogP contribution in [-0.2, 0) is 19.4 Å². The fraction of sp³-hybridized carbons (Fsp3) is 0.389. The largest absolute Gasteiger partial charge is 0.332 e. The molecule has 0 bridgehead atoms. The summed E-state index contributed by atoms with van der Waals surface area (Å²) >= 11 is 0. The standard InChI is InChI=1S/C18H20N4O/c1-13(14-7-3-2-4-8-14)11-16-20-18(23-21-16)15-12-19-17-9-5-6-10-22(15)17/h2-4,7-8,12-13H,5-6,9-11H2,1H3. The minimum atomic E-state index is 0.362. The van der Waals surface area contributed by atoms with Gasteiger partial charge in [-0.1, -0.05) is 42.4 Å². The summed E-state index contributed by atoms with van der Waals surface area (Å²) in [6.07, 6.45) is 6.06. The van der Waals surface area contributed by atoms with Crippen molar-refractivity contribution in [1.29, 1.82) is 0 Å². The number of nitrogens with zero attached hydrogens (tertiary/aromatic N) is 4. The maximum Gasteiger partial charge on any atom is 0.276 e. The van der Waals surface area contributed by atoms with Crippen molar-refractivity contribution in [3.05, 3.63) is 53.7 Å². The van der Waals surface area contributed by atoms with Gasteiger partial charge in [-0.3, -0.25) is 0 Å². The monoisotopic (exact) mass is 308 g/mol. The van der Waals surface area contributed by atoms with Crippen molar-refractivity contribution in [2.75, 3.05) is 0 Å². The number of aryl methyl sites for hydroxylation is 1. The minimum absolute atomic E-state index is 0.362. The molecule has 0 radical (unpaired) electrons. The van der Waals surface area contributed by atoms with Crippen molar-refractivity contribution in [2.45, 2.75) is 45.1 Å². The molecule has 2 aromatic heterocycles. The van der Waals surface area contributed by atoms with Crippen molar-refractivity contribution in [3.63, 3.8) is 0 Å². The molecule has 5 nitrogen and oxygen atoms in total. The first-order valence-corrected chi connectivity index (χ1v) is 8.23. The summed E-state index contributed by atoms with van der Waals surface area (Å²) < 4.78 is 7.70. The summed E-state index contributed by atoms with van der Waals surface area (Å²) in [5, 5.41) is 4.16. The summed E-state index contributed by atoms with van der Waals surface area (Å²) in [5.74, 6) is 2.83. The van der Waals surface area contributed by atoms with Gasteiger partial charge in [-0.2, -0.15) is 4.98 Å². The molecule has 0 aliphatic carbocycles. The maximum absolute atomic E-state index is 5.49. The molecule has 118 valence electrons. The van der Waals surface area contributed by atoms with Crippen molar-refractivity contribution in [1.82, 2.24) is 19.7 Å². The van der Waals surface area contributed by atoms with Crippen molar-refractivity contribution >= 4 is 0 Å². The van der Waals surface area contributed by atoms with Crippen molar-refractivity contribution in [3.8, 4) is 11.6 Å². The Labute approximate surface area is 135 Å². The highest BCUT2D eigenvalue weighted by atomic mass is 16.5. The average Bonchev–Trinajstić information content (AvgIpc) is 3.22. The lowest BCUT2D eigenvalue weighted by Gasteiger charge is -2.14. The molecule has 3 heterocycles. The Bertz CT molecular complexity index is 790. The topological polar surface area (TPSA) is 56.7 Å². The molecule has 1 unspecified atom stereocenters. The van der Waals surface area contributed by atoms with Crippen LogP contribution in [0.1, 0.15) is 42.9 Å². The molecular formula is C18H20N4O. The maximum atomic E-state index is 5.49. The van der Waals surface area contributed by atoms with Crippen LogP contribution in [0, 0.1) is 0 Å². The van der Waals surface area contributed by atoms with E-state index in [2.05, 4.69) is 50.9 Å². The zero-order valence-corrected chi connectivity index (χ0v) is 13.3. The van der Waals surface area contributed by atoms with Gasteiger partial charge in [-0.05, 0) is 24.3 Å². The van der Waals surface area contributed by atoms with E-state index in [1.54, 1.807) is 0 Å². The molecule has 0 spiro atoms. The summed E-state index contributed by atoms with van der Waals surface area (Å²) in [4.78, 5) is 9.07. The smallest absolute Gasteiger partial charge is 0.276 e. The van der Waals surface area contributed by atoms with Crippen LogP contribution in [0.5, 0.6) is 0 Å². The van der Waals surface area contributed by atoms with Crippen LogP contribution in [-0.4, -0.2) is 19.7 Å². The highest BCUT2D eigenvalue weighted by molar-refractivity contribution is 5.47. The van der Waals surface area contributed by atoms with Crippen LogP contribution in [0.3, 0.4) is 0 Å².